The van der Waals surface area contributed by atoms with E-state index in [1.54, 1.807) is 23.9 Å². The Morgan fingerprint density at radius 2 is 1.76 bits per heavy atom. The Hall–Kier alpha value is -2.29. The number of carbonyl (C=O) groups is 1. The van der Waals surface area contributed by atoms with Gasteiger partial charge in [-0.25, -0.2) is 4.39 Å². The number of piperidine rings is 1. The molecule has 0 saturated carbocycles. The predicted molar refractivity (Wildman–Crippen MR) is 156 cm³/mol. The Morgan fingerprint density at radius 1 is 1.03 bits per heavy atom. The fourth-order valence-electron chi connectivity index (χ4n) is 4.82. The Labute approximate surface area is 234 Å². The molecule has 9 heteroatoms. The summed E-state index contributed by atoms with van der Waals surface area (Å²) in [7, 11) is 0. The molecule has 2 aliphatic rings. The van der Waals surface area contributed by atoms with Crippen molar-refractivity contribution in [2.24, 2.45) is 5.73 Å². The average molecular weight is 564 g/mol. The smallest absolute Gasteiger partial charge is 0.181 e. The summed E-state index contributed by atoms with van der Waals surface area (Å²) >= 11 is 1.74. The maximum absolute atomic E-state index is 13.2. The Bertz CT molecular complexity index is 1200. The van der Waals surface area contributed by atoms with Crippen LogP contribution in [0.4, 0.5) is 15.8 Å². The first-order valence-electron chi connectivity index (χ1n) is 12.2. The van der Waals surface area contributed by atoms with E-state index in [9.17, 15) is 9.18 Å². The number of anilines is 2. The molecular formula is C28H33Cl2FN4OS. The SMILES string of the molecule is Cl.Cl.NCCN1CCC(Nc2cc(C(=O)CNc3ccc(F)cc3)cc3c2Cc2ccccc2S3)CC1. The molecule has 1 fully saturated rings. The number of benzene rings is 3. The summed E-state index contributed by atoms with van der Waals surface area (Å²) in [6.07, 6.45) is 2.97. The van der Waals surface area contributed by atoms with Crippen molar-refractivity contribution >= 4 is 53.7 Å². The van der Waals surface area contributed by atoms with Crippen molar-refractivity contribution in [1.82, 2.24) is 4.90 Å². The zero-order valence-electron chi connectivity index (χ0n) is 20.5. The van der Waals surface area contributed by atoms with Crippen molar-refractivity contribution in [3.63, 3.8) is 0 Å². The summed E-state index contributed by atoms with van der Waals surface area (Å²) in [5, 5.41) is 6.92. The highest BCUT2D eigenvalue weighted by Crippen LogP contribution is 2.43. The molecule has 0 bridgehead atoms. The lowest BCUT2D eigenvalue weighted by Crippen LogP contribution is -2.41. The number of carbonyl (C=O) groups excluding carboxylic acids is 1. The van der Waals surface area contributed by atoms with Crippen LogP contribution in [-0.4, -0.2) is 49.4 Å². The van der Waals surface area contributed by atoms with Gasteiger partial charge in [-0.05, 0) is 66.4 Å². The number of rotatable bonds is 8. The molecule has 0 aromatic heterocycles. The van der Waals surface area contributed by atoms with Gasteiger partial charge in [0, 0.05) is 65.4 Å². The zero-order chi connectivity index (χ0) is 24.2. The van der Waals surface area contributed by atoms with E-state index in [-0.39, 0.29) is 43.0 Å². The molecule has 198 valence electrons. The van der Waals surface area contributed by atoms with Crippen molar-refractivity contribution < 1.29 is 9.18 Å². The van der Waals surface area contributed by atoms with Gasteiger partial charge in [0.25, 0.3) is 0 Å². The second-order valence-corrected chi connectivity index (χ2v) is 10.3. The van der Waals surface area contributed by atoms with Gasteiger partial charge in [0.05, 0.1) is 6.54 Å². The summed E-state index contributed by atoms with van der Waals surface area (Å²) < 4.78 is 13.2. The number of fused-ring (bicyclic) bond motifs is 2. The molecule has 2 aliphatic heterocycles. The lowest BCUT2D eigenvalue weighted by Gasteiger charge is -2.33. The third-order valence-electron chi connectivity index (χ3n) is 6.78. The minimum Gasteiger partial charge on any atom is -0.382 e. The van der Waals surface area contributed by atoms with Gasteiger partial charge in [-0.1, -0.05) is 30.0 Å². The van der Waals surface area contributed by atoms with Crippen molar-refractivity contribution in [1.29, 1.82) is 0 Å². The van der Waals surface area contributed by atoms with E-state index >= 15 is 0 Å². The second-order valence-electron chi connectivity index (χ2n) is 9.22. The highest BCUT2D eigenvalue weighted by Gasteiger charge is 2.24. The first-order chi connectivity index (χ1) is 17.1. The van der Waals surface area contributed by atoms with Gasteiger partial charge < -0.3 is 21.3 Å². The van der Waals surface area contributed by atoms with Gasteiger partial charge in [-0.15, -0.1) is 24.8 Å². The Morgan fingerprint density at radius 3 is 2.49 bits per heavy atom. The van der Waals surface area contributed by atoms with E-state index in [1.165, 1.54) is 28.2 Å². The van der Waals surface area contributed by atoms with Crippen LogP contribution in [-0.2, 0) is 6.42 Å². The van der Waals surface area contributed by atoms with Crippen LogP contribution < -0.4 is 16.4 Å². The molecule has 0 atom stereocenters. The van der Waals surface area contributed by atoms with Crippen LogP contribution in [0.1, 0.15) is 34.3 Å². The fourth-order valence-corrected chi connectivity index (χ4v) is 5.97. The molecule has 5 nitrogen and oxygen atoms in total. The van der Waals surface area contributed by atoms with Gasteiger partial charge in [0.2, 0.25) is 0 Å². The highest BCUT2D eigenvalue weighted by atomic mass is 35.5. The van der Waals surface area contributed by atoms with E-state index in [0.29, 0.717) is 18.2 Å². The van der Waals surface area contributed by atoms with E-state index in [4.69, 9.17) is 5.73 Å². The largest absolute Gasteiger partial charge is 0.382 e. The highest BCUT2D eigenvalue weighted by molar-refractivity contribution is 7.99. The number of nitrogens with one attached hydrogen (secondary N) is 2. The monoisotopic (exact) mass is 562 g/mol. The van der Waals surface area contributed by atoms with Crippen LogP contribution in [0, 0.1) is 5.82 Å². The molecule has 4 N–H and O–H groups in total. The van der Waals surface area contributed by atoms with Crippen LogP contribution in [0.25, 0.3) is 0 Å². The number of likely N-dealkylation sites (tertiary alicyclic amines) is 1. The molecule has 0 spiro atoms. The molecule has 3 aromatic rings. The molecule has 37 heavy (non-hydrogen) atoms. The minimum absolute atomic E-state index is 0. The van der Waals surface area contributed by atoms with Crippen molar-refractivity contribution in [3.05, 3.63) is 83.2 Å². The quantitative estimate of drug-likeness (QED) is 0.234. The van der Waals surface area contributed by atoms with Gasteiger partial charge in [-0.2, -0.15) is 0 Å². The third kappa shape index (κ3) is 7.18. The van der Waals surface area contributed by atoms with Crippen molar-refractivity contribution in [2.75, 3.05) is 43.4 Å². The summed E-state index contributed by atoms with van der Waals surface area (Å²) in [6.45, 7) is 3.87. The first kappa shape index (κ1) is 29.3. The van der Waals surface area contributed by atoms with Crippen LogP contribution in [0.2, 0.25) is 0 Å². The first-order valence-corrected chi connectivity index (χ1v) is 13.0. The van der Waals surface area contributed by atoms with E-state index in [0.717, 1.165) is 55.2 Å². The van der Waals surface area contributed by atoms with Crippen molar-refractivity contribution in [2.45, 2.75) is 35.1 Å². The molecule has 0 amide bonds. The lowest BCUT2D eigenvalue weighted by atomic mass is 9.97. The zero-order valence-corrected chi connectivity index (χ0v) is 23.0. The topological polar surface area (TPSA) is 70.4 Å². The minimum atomic E-state index is -0.293. The fraction of sp³-hybridized carbons (Fsp3) is 0.321. The predicted octanol–water partition coefficient (Wildman–Crippen LogP) is 5.85. The lowest BCUT2D eigenvalue weighted by molar-refractivity contribution is 0.101. The van der Waals surface area contributed by atoms with E-state index in [1.807, 2.05) is 12.1 Å². The van der Waals surface area contributed by atoms with Crippen LogP contribution >= 0.6 is 36.6 Å². The Balaban J connectivity index is 0.00000190. The molecule has 5 rings (SSSR count). The normalized spacial score (nSPS) is 15.0. The molecule has 3 aromatic carbocycles. The standard InChI is InChI=1S/C28H31FN4OS.2ClH/c29-21-5-7-22(8-6-21)31-18-26(34)20-16-25(32-23-9-12-33(13-10-23)14-11-30)24-15-19-3-1-2-4-27(19)35-28(24)17-20;;/h1-8,16-17,23,31-32H,9-15,18,30H2;2*1H. The van der Waals surface area contributed by atoms with Gasteiger partial charge in [-0.3, -0.25) is 4.79 Å². The van der Waals surface area contributed by atoms with E-state index in [2.05, 4.69) is 39.8 Å². The summed E-state index contributed by atoms with van der Waals surface area (Å²) in [5.74, 6) is -0.282. The molecule has 1 saturated heterocycles. The van der Waals surface area contributed by atoms with E-state index < -0.39 is 0 Å². The number of nitrogens with two attached hydrogens (primary N) is 1. The maximum atomic E-state index is 13.2. The van der Waals surface area contributed by atoms with Gasteiger partial charge in [0.15, 0.2) is 5.78 Å². The Kier molecular flexibility index (Phi) is 10.7. The summed E-state index contributed by atoms with van der Waals surface area (Å²) in [4.78, 5) is 18.0. The average Bonchev–Trinajstić information content (AvgIpc) is 2.88. The maximum Gasteiger partial charge on any atom is 0.181 e. The van der Waals surface area contributed by atoms with Gasteiger partial charge >= 0.3 is 0 Å². The van der Waals surface area contributed by atoms with Crippen LogP contribution in [0.15, 0.2) is 70.5 Å². The molecule has 0 aliphatic carbocycles. The van der Waals surface area contributed by atoms with Crippen molar-refractivity contribution in [3.8, 4) is 0 Å². The number of ketones is 1. The van der Waals surface area contributed by atoms with Gasteiger partial charge in [0.1, 0.15) is 5.82 Å². The summed E-state index contributed by atoms with van der Waals surface area (Å²) in [6, 6.07) is 19.0. The van der Waals surface area contributed by atoms with Crippen LogP contribution in [0.5, 0.6) is 0 Å². The van der Waals surface area contributed by atoms with Crippen LogP contribution in [0.3, 0.4) is 0 Å². The second kappa shape index (κ2) is 13.5. The third-order valence-corrected chi connectivity index (χ3v) is 7.98. The molecular weight excluding hydrogens is 530 g/mol. The number of hydrogen-bond acceptors (Lipinski definition) is 6. The molecule has 0 unspecified atom stereocenters. The number of Topliss-reactive ketones (excluding diaryl/α,β-unsaturated/α-hetero) is 1. The number of halogens is 3. The number of hydrogen-bond donors (Lipinski definition) is 3. The summed E-state index contributed by atoms with van der Waals surface area (Å²) in [5.41, 5.74) is 10.8. The molecule has 0 radical (unpaired) electrons. The number of nitrogens with zero attached hydrogens (tertiary/aromatic N) is 1. The molecule has 2 heterocycles.